The number of benzene rings is 2. The molecule has 0 bridgehead atoms. The predicted molar refractivity (Wildman–Crippen MR) is 83.1 cm³/mol. The van der Waals surface area contributed by atoms with Crippen LogP contribution in [-0.2, 0) is 0 Å². The molecule has 1 amide bonds. The number of carbonyl (C=O) groups excluding carboxylic acids is 1. The van der Waals surface area contributed by atoms with E-state index in [1.54, 1.807) is 24.3 Å². The van der Waals surface area contributed by atoms with E-state index < -0.39 is 10.8 Å². The van der Waals surface area contributed by atoms with Crippen molar-refractivity contribution >= 4 is 23.0 Å². The Hall–Kier alpha value is -3.09. The molecule has 0 saturated carbocycles. The molecule has 0 aliphatic carbocycles. The van der Waals surface area contributed by atoms with Gasteiger partial charge in [-0.15, -0.1) is 0 Å². The van der Waals surface area contributed by atoms with Crippen molar-refractivity contribution in [2.45, 2.75) is 6.92 Å². The van der Waals surface area contributed by atoms with Crippen LogP contribution in [0.5, 0.6) is 5.75 Å². The van der Waals surface area contributed by atoms with E-state index in [0.717, 1.165) is 6.07 Å². The second-order valence-corrected chi connectivity index (χ2v) is 4.44. The summed E-state index contributed by atoms with van der Waals surface area (Å²) >= 11 is 0. The highest BCUT2D eigenvalue weighted by atomic mass is 16.6. The van der Waals surface area contributed by atoms with Crippen molar-refractivity contribution in [1.29, 1.82) is 0 Å². The molecule has 0 atom stereocenters. The Morgan fingerprint density at radius 1 is 1.27 bits per heavy atom. The molecule has 0 radical (unpaired) electrons. The van der Waals surface area contributed by atoms with Crippen LogP contribution in [0.25, 0.3) is 0 Å². The zero-order valence-electron chi connectivity index (χ0n) is 11.9. The standard InChI is InChI=1S/C15H15N3O4/c1-2-22-12-6-4-11(5-7-12)17-15(19)10-3-8-13(16)14(9-10)18(20)21/h3-9H,2,16H2,1H3,(H,17,19). The van der Waals surface area contributed by atoms with Gasteiger partial charge in [-0.25, -0.2) is 0 Å². The third kappa shape index (κ3) is 3.51. The number of hydrogen-bond acceptors (Lipinski definition) is 5. The number of nitro benzene ring substituents is 1. The summed E-state index contributed by atoms with van der Waals surface area (Å²) in [5, 5.41) is 13.5. The first-order valence-electron chi connectivity index (χ1n) is 6.59. The summed E-state index contributed by atoms with van der Waals surface area (Å²) < 4.78 is 5.30. The third-order valence-electron chi connectivity index (χ3n) is 2.91. The molecule has 0 saturated heterocycles. The number of nitro groups is 1. The average Bonchev–Trinajstić information content (AvgIpc) is 2.49. The highest BCUT2D eigenvalue weighted by molar-refractivity contribution is 6.05. The Morgan fingerprint density at radius 3 is 2.55 bits per heavy atom. The summed E-state index contributed by atoms with van der Waals surface area (Å²) in [5.74, 6) is 0.246. The monoisotopic (exact) mass is 301 g/mol. The molecule has 0 aliphatic heterocycles. The quantitative estimate of drug-likeness (QED) is 0.501. The SMILES string of the molecule is CCOc1ccc(NC(=O)c2ccc(N)c([N+](=O)[O-])c2)cc1. The zero-order chi connectivity index (χ0) is 16.1. The zero-order valence-corrected chi connectivity index (χ0v) is 11.9. The molecular weight excluding hydrogens is 286 g/mol. The number of nitrogens with two attached hydrogens (primary N) is 1. The minimum absolute atomic E-state index is 0.0163. The number of ether oxygens (including phenoxy) is 1. The van der Waals surface area contributed by atoms with Gasteiger partial charge < -0.3 is 15.8 Å². The van der Waals surface area contributed by atoms with Crippen molar-refractivity contribution in [2.24, 2.45) is 0 Å². The van der Waals surface area contributed by atoms with E-state index in [2.05, 4.69) is 5.32 Å². The number of anilines is 2. The summed E-state index contributed by atoms with van der Waals surface area (Å²) in [4.78, 5) is 22.3. The van der Waals surface area contributed by atoms with Crippen LogP contribution >= 0.6 is 0 Å². The number of nitrogens with zero attached hydrogens (tertiary/aromatic N) is 1. The molecule has 0 heterocycles. The van der Waals surface area contributed by atoms with Gasteiger partial charge >= 0.3 is 0 Å². The van der Waals surface area contributed by atoms with Crippen LogP contribution in [0, 0.1) is 10.1 Å². The number of hydrogen-bond donors (Lipinski definition) is 2. The van der Waals surface area contributed by atoms with Crippen molar-refractivity contribution in [1.82, 2.24) is 0 Å². The van der Waals surface area contributed by atoms with Crippen molar-refractivity contribution in [3.8, 4) is 5.75 Å². The van der Waals surface area contributed by atoms with E-state index in [1.807, 2.05) is 6.92 Å². The maximum absolute atomic E-state index is 12.1. The van der Waals surface area contributed by atoms with Gasteiger partial charge in [0.2, 0.25) is 0 Å². The molecule has 0 fully saturated rings. The molecule has 2 rings (SSSR count). The summed E-state index contributed by atoms with van der Waals surface area (Å²) in [6.45, 7) is 2.44. The van der Waals surface area contributed by atoms with Crippen molar-refractivity contribution in [3.63, 3.8) is 0 Å². The number of carbonyl (C=O) groups is 1. The Labute approximate surface area is 126 Å². The molecule has 2 aromatic carbocycles. The molecule has 0 unspecified atom stereocenters. The van der Waals surface area contributed by atoms with Gasteiger partial charge in [0.15, 0.2) is 0 Å². The van der Waals surface area contributed by atoms with Gasteiger partial charge in [0.1, 0.15) is 11.4 Å². The van der Waals surface area contributed by atoms with Gasteiger partial charge in [-0.3, -0.25) is 14.9 Å². The highest BCUT2D eigenvalue weighted by Crippen LogP contribution is 2.23. The van der Waals surface area contributed by atoms with Gasteiger partial charge in [0.05, 0.1) is 11.5 Å². The third-order valence-corrected chi connectivity index (χ3v) is 2.91. The fourth-order valence-electron chi connectivity index (χ4n) is 1.85. The largest absolute Gasteiger partial charge is 0.494 e. The van der Waals surface area contributed by atoms with Gasteiger partial charge in [-0.2, -0.15) is 0 Å². The molecular formula is C15H15N3O4. The number of amides is 1. The fourth-order valence-corrected chi connectivity index (χ4v) is 1.85. The van der Waals surface area contributed by atoms with Crippen LogP contribution in [-0.4, -0.2) is 17.4 Å². The van der Waals surface area contributed by atoms with Crippen LogP contribution in [0.15, 0.2) is 42.5 Å². The molecule has 22 heavy (non-hydrogen) atoms. The molecule has 3 N–H and O–H groups in total. The Balaban J connectivity index is 2.15. The van der Waals surface area contributed by atoms with Gasteiger partial charge in [-0.1, -0.05) is 0 Å². The van der Waals surface area contributed by atoms with Crippen molar-refractivity contribution in [3.05, 3.63) is 58.1 Å². The van der Waals surface area contributed by atoms with Crippen molar-refractivity contribution in [2.75, 3.05) is 17.7 Å². The van der Waals surface area contributed by atoms with E-state index >= 15 is 0 Å². The number of nitrogens with one attached hydrogen (secondary N) is 1. The lowest BCUT2D eigenvalue weighted by atomic mass is 10.1. The second kappa shape index (κ2) is 6.57. The van der Waals surface area contributed by atoms with Crippen LogP contribution in [0.2, 0.25) is 0 Å². The van der Waals surface area contributed by atoms with E-state index in [-0.39, 0.29) is 16.9 Å². The smallest absolute Gasteiger partial charge is 0.292 e. The molecule has 7 heteroatoms. The minimum Gasteiger partial charge on any atom is -0.494 e. The fraction of sp³-hybridized carbons (Fsp3) is 0.133. The minimum atomic E-state index is -0.622. The first kappa shape index (κ1) is 15.3. The summed E-state index contributed by atoms with van der Waals surface area (Å²) in [6.07, 6.45) is 0. The second-order valence-electron chi connectivity index (χ2n) is 4.44. The Bertz CT molecular complexity index is 698. The summed E-state index contributed by atoms with van der Waals surface area (Å²) in [6, 6.07) is 10.8. The molecule has 2 aromatic rings. The van der Waals surface area contributed by atoms with Gasteiger partial charge in [0.25, 0.3) is 11.6 Å². The summed E-state index contributed by atoms with van der Waals surface area (Å²) in [5.41, 5.74) is 5.95. The predicted octanol–water partition coefficient (Wildman–Crippen LogP) is 2.83. The molecule has 7 nitrogen and oxygen atoms in total. The normalized spacial score (nSPS) is 10.0. The van der Waals surface area contributed by atoms with Crippen LogP contribution in [0.3, 0.4) is 0 Å². The number of nitrogen functional groups attached to an aromatic ring is 1. The lowest BCUT2D eigenvalue weighted by Crippen LogP contribution is -2.12. The van der Waals surface area contributed by atoms with Crippen LogP contribution < -0.4 is 15.8 Å². The molecule has 114 valence electrons. The Morgan fingerprint density at radius 2 is 1.95 bits per heavy atom. The summed E-state index contributed by atoms with van der Waals surface area (Å²) in [7, 11) is 0. The van der Waals surface area contributed by atoms with Crippen LogP contribution in [0.4, 0.5) is 17.1 Å². The highest BCUT2D eigenvalue weighted by Gasteiger charge is 2.15. The Kier molecular flexibility index (Phi) is 4.57. The van der Waals surface area contributed by atoms with Gasteiger partial charge in [0, 0.05) is 17.3 Å². The molecule has 0 aromatic heterocycles. The van der Waals surface area contributed by atoms with E-state index in [9.17, 15) is 14.9 Å². The average molecular weight is 301 g/mol. The van der Waals surface area contributed by atoms with E-state index in [1.165, 1.54) is 12.1 Å². The van der Waals surface area contributed by atoms with Crippen LogP contribution in [0.1, 0.15) is 17.3 Å². The van der Waals surface area contributed by atoms with Gasteiger partial charge in [-0.05, 0) is 43.3 Å². The number of rotatable bonds is 5. The van der Waals surface area contributed by atoms with E-state index in [0.29, 0.717) is 18.0 Å². The lowest BCUT2D eigenvalue weighted by Gasteiger charge is -2.07. The maximum atomic E-state index is 12.1. The van der Waals surface area contributed by atoms with E-state index in [4.69, 9.17) is 10.5 Å². The molecule has 0 spiro atoms. The topological polar surface area (TPSA) is 107 Å². The molecule has 0 aliphatic rings. The van der Waals surface area contributed by atoms with Crippen molar-refractivity contribution < 1.29 is 14.5 Å². The lowest BCUT2D eigenvalue weighted by molar-refractivity contribution is -0.383. The first-order chi connectivity index (χ1) is 10.5. The maximum Gasteiger partial charge on any atom is 0.292 e. The first-order valence-corrected chi connectivity index (χ1v) is 6.59.